The summed E-state index contributed by atoms with van der Waals surface area (Å²) < 4.78 is 22.2. The fraction of sp³-hybridized carbons (Fsp3) is 1.00. The van der Waals surface area contributed by atoms with Crippen LogP contribution in [-0.4, -0.2) is 24.7 Å². The first-order chi connectivity index (χ1) is 11.4. The first-order valence-corrected chi connectivity index (χ1v) is 11.2. The van der Waals surface area contributed by atoms with Gasteiger partial charge in [0, 0.05) is 0 Å². The molecule has 0 aromatic rings. The fourth-order valence-corrected chi connectivity index (χ4v) is 3.11. The number of hydrogen-bond acceptors (Lipinski definition) is 4. The molecule has 0 aliphatic heterocycles. The maximum atomic E-state index is 11.9. The van der Waals surface area contributed by atoms with Crippen LogP contribution >= 0.6 is 7.82 Å². The van der Waals surface area contributed by atoms with E-state index in [-0.39, 0.29) is 0 Å². The maximum absolute atomic E-state index is 11.9. The second-order valence-corrected chi connectivity index (χ2v) is 7.75. The molecule has 0 spiro atoms. The summed E-state index contributed by atoms with van der Waals surface area (Å²) in [5.74, 6) is 0.687. The normalized spacial score (nSPS) is 16.0. The summed E-state index contributed by atoms with van der Waals surface area (Å²) in [6.45, 7) is 11.8. The maximum Gasteiger partial charge on any atom is 0.472 e. The fourth-order valence-electron chi connectivity index (χ4n) is 2.23. The number of rotatable bonds is 14. The molecule has 0 aromatic heterocycles. The van der Waals surface area contributed by atoms with Crippen molar-refractivity contribution in [2.45, 2.75) is 86.0 Å². The predicted molar refractivity (Wildman–Crippen MR) is 103 cm³/mol. The Hall–Kier alpha value is 0.0700. The van der Waals surface area contributed by atoms with E-state index in [0.29, 0.717) is 25.0 Å². The third-order valence-electron chi connectivity index (χ3n) is 4.03. The van der Waals surface area contributed by atoms with Crippen molar-refractivity contribution >= 4 is 7.82 Å². The van der Waals surface area contributed by atoms with Gasteiger partial charge in [-0.3, -0.25) is 9.05 Å². The van der Waals surface area contributed by atoms with E-state index in [0.717, 1.165) is 57.9 Å². The van der Waals surface area contributed by atoms with E-state index in [1.807, 2.05) is 6.92 Å². The van der Waals surface area contributed by atoms with Gasteiger partial charge in [-0.1, -0.05) is 73.1 Å². The van der Waals surface area contributed by atoms with E-state index in [1.165, 1.54) is 0 Å². The molecule has 0 saturated carbocycles. The number of hydrogen-bond donors (Lipinski definition) is 2. The van der Waals surface area contributed by atoms with Crippen LogP contribution in [0.4, 0.5) is 0 Å². The van der Waals surface area contributed by atoms with Crippen molar-refractivity contribution in [2.75, 3.05) is 19.8 Å². The highest BCUT2D eigenvalue weighted by Crippen LogP contribution is 2.44. The van der Waals surface area contributed by atoms with E-state index < -0.39 is 7.82 Å². The van der Waals surface area contributed by atoms with Gasteiger partial charge in [0.05, 0.1) is 13.2 Å². The van der Waals surface area contributed by atoms with Crippen molar-refractivity contribution in [1.29, 1.82) is 0 Å². The molecule has 2 atom stereocenters. The lowest BCUT2D eigenvalue weighted by Gasteiger charge is -2.20. The summed E-state index contributed by atoms with van der Waals surface area (Å²) in [5.41, 5.74) is 4.85. The summed E-state index contributed by atoms with van der Waals surface area (Å²) in [6.07, 6.45) is 8.56. The second-order valence-electron chi connectivity index (χ2n) is 6.30. The zero-order valence-corrected chi connectivity index (χ0v) is 17.5. The summed E-state index contributed by atoms with van der Waals surface area (Å²) in [6, 6.07) is 0. The number of phosphoric acid groups is 1. The number of unbranched alkanes of at least 4 members (excludes halogenated alkanes) is 2. The van der Waals surface area contributed by atoms with Gasteiger partial charge in [0.25, 0.3) is 0 Å². The van der Waals surface area contributed by atoms with E-state index >= 15 is 0 Å². The third kappa shape index (κ3) is 16.9. The monoisotopic (exact) mass is 367 g/mol. The van der Waals surface area contributed by atoms with Gasteiger partial charge in [0.2, 0.25) is 0 Å². The molecule has 3 N–H and O–H groups in total. The molecule has 0 amide bonds. The molecular formula is C18H42NO4P. The smallest absolute Gasteiger partial charge is 0.331 e. The van der Waals surface area contributed by atoms with Gasteiger partial charge in [-0.05, 0) is 31.2 Å². The molecule has 2 unspecified atom stereocenters. The molecule has 0 fully saturated rings. The Labute approximate surface area is 150 Å². The van der Waals surface area contributed by atoms with Crippen molar-refractivity contribution < 1.29 is 18.5 Å². The summed E-state index contributed by atoms with van der Waals surface area (Å²) >= 11 is 0. The Balaban J connectivity index is 0. The van der Waals surface area contributed by atoms with E-state index in [1.54, 1.807) is 0 Å². The summed E-state index contributed by atoms with van der Waals surface area (Å²) in [7, 11) is -3.89. The molecule has 0 bridgehead atoms. The van der Waals surface area contributed by atoms with Crippen LogP contribution in [0.3, 0.4) is 0 Å². The largest absolute Gasteiger partial charge is 0.472 e. The van der Waals surface area contributed by atoms with Crippen LogP contribution < -0.4 is 5.73 Å². The lowest BCUT2D eigenvalue weighted by Crippen LogP contribution is -2.12. The molecule has 5 nitrogen and oxygen atoms in total. The zero-order chi connectivity index (χ0) is 18.8. The van der Waals surface area contributed by atoms with E-state index in [4.69, 9.17) is 14.8 Å². The molecule has 0 aromatic carbocycles. The number of phosphoric ester groups is 1. The van der Waals surface area contributed by atoms with Gasteiger partial charge in [0.1, 0.15) is 0 Å². The van der Waals surface area contributed by atoms with Crippen molar-refractivity contribution in [2.24, 2.45) is 17.6 Å². The molecular weight excluding hydrogens is 325 g/mol. The molecule has 24 heavy (non-hydrogen) atoms. The van der Waals surface area contributed by atoms with Gasteiger partial charge < -0.3 is 10.6 Å². The zero-order valence-electron chi connectivity index (χ0n) is 16.6. The molecule has 0 heterocycles. The molecule has 6 heteroatoms. The minimum absolute atomic E-state index is 0.316. The van der Waals surface area contributed by atoms with Crippen LogP contribution in [0.1, 0.15) is 86.0 Å². The molecule has 0 rings (SSSR count). The van der Waals surface area contributed by atoms with Crippen LogP contribution in [0.25, 0.3) is 0 Å². The van der Waals surface area contributed by atoms with E-state index in [2.05, 4.69) is 27.7 Å². The standard InChI is InChI=1S/C16H35O4P.C2H7N/c1-5-9-11-15(7-3)13-19-21(17,18)20-14-16(8-4)12-10-6-2;1-2-3/h15-16H,5-14H2,1-4H3,(H,17,18);2-3H2,1H3. The molecule has 0 aliphatic carbocycles. The Morgan fingerprint density at radius 1 is 0.875 bits per heavy atom. The first-order valence-electron chi connectivity index (χ1n) is 9.72. The van der Waals surface area contributed by atoms with Crippen molar-refractivity contribution in [3.63, 3.8) is 0 Å². The summed E-state index contributed by atoms with van der Waals surface area (Å²) in [4.78, 5) is 9.77. The topological polar surface area (TPSA) is 81.8 Å². The molecule has 0 aliphatic rings. The van der Waals surface area contributed by atoms with Crippen LogP contribution in [0.15, 0.2) is 0 Å². The summed E-state index contributed by atoms with van der Waals surface area (Å²) in [5, 5.41) is 0. The van der Waals surface area contributed by atoms with Gasteiger partial charge in [0.15, 0.2) is 0 Å². The van der Waals surface area contributed by atoms with Crippen molar-refractivity contribution in [1.82, 2.24) is 0 Å². The highest BCUT2D eigenvalue weighted by Gasteiger charge is 2.24. The average molecular weight is 368 g/mol. The minimum atomic E-state index is -3.89. The van der Waals surface area contributed by atoms with Crippen LogP contribution in [0.5, 0.6) is 0 Å². The number of nitrogens with two attached hydrogens (primary N) is 1. The van der Waals surface area contributed by atoms with Gasteiger partial charge in [-0.15, -0.1) is 0 Å². The Morgan fingerprint density at radius 2 is 1.21 bits per heavy atom. The molecule has 148 valence electrons. The van der Waals surface area contributed by atoms with Crippen LogP contribution in [-0.2, 0) is 13.6 Å². The van der Waals surface area contributed by atoms with Crippen molar-refractivity contribution in [3.8, 4) is 0 Å². The van der Waals surface area contributed by atoms with Crippen LogP contribution in [0.2, 0.25) is 0 Å². The van der Waals surface area contributed by atoms with Gasteiger partial charge in [-0.2, -0.15) is 0 Å². The molecule has 0 radical (unpaired) electrons. The SMILES string of the molecule is CCCCC(CC)COP(=O)(O)OCC(CC)CCCC.CCN. The van der Waals surface area contributed by atoms with E-state index in [9.17, 15) is 9.46 Å². The first kappa shape index (κ1) is 26.3. The van der Waals surface area contributed by atoms with Gasteiger partial charge in [-0.25, -0.2) is 4.57 Å². The predicted octanol–water partition coefficient (Wildman–Crippen LogP) is 5.52. The minimum Gasteiger partial charge on any atom is -0.331 e. The Bertz CT molecular complexity index is 279. The highest BCUT2D eigenvalue weighted by atomic mass is 31.2. The lowest BCUT2D eigenvalue weighted by molar-refractivity contribution is 0.110. The second kappa shape index (κ2) is 17.9. The highest BCUT2D eigenvalue weighted by molar-refractivity contribution is 7.47. The third-order valence-corrected chi connectivity index (χ3v) is 4.98. The van der Waals surface area contributed by atoms with Gasteiger partial charge >= 0.3 is 7.82 Å². The average Bonchev–Trinajstić information content (AvgIpc) is 2.56. The van der Waals surface area contributed by atoms with Crippen LogP contribution in [0, 0.1) is 11.8 Å². The van der Waals surface area contributed by atoms with Crippen molar-refractivity contribution in [3.05, 3.63) is 0 Å². The lowest BCUT2D eigenvalue weighted by atomic mass is 10.0. The quantitative estimate of drug-likeness (QED) is 0.395. The Morgan fingerprint density at radius 3 is 1.46 bits per heavy atom. The Kier molecular flexibility index (Phi) is 19.6. The molecule has 0 saturated heterocycles.